The standard InChI is InChI=1S/C19H21N3O5S2/c1-19(2,3)12-5-7-13(8-6-12)27-29(24,25)14-9-10-15-16(11-14)22-28-17(20-15)21-18(23)26-4/h5-11,22H,1-4H3,(H,20,21,23). The highest BCUT2D eigenvalue weighted by Crippen LogP contribution is 2.35. The summed E-state index contributed by atoms with van der Waals surface area (Å²) < 4.78 is 38.0. The van der Waals surface area contributed by atoms with Gasteiger partial charge in [-0.1, -0.05) is 32.9 Å². The van der Waals surface area contributed by atoms with Crippen LogP contribution in [0.3, 0.4) is 0 Å². The number of amides is 1. The Kier molecular flexibility index (Phi) is 5.76. The molecule has 0 unspecified atom stereocenters. The highest BCUT2D eigenvalue weighted by atomic mass is 32.2. The summed E-state index contributed by atoms with van der Waals surface area (Å²) in [5.41, 5.74) is 2.00. The number of benzene rings is 2. The van der Waals surface area contributed by atoms with Crippen molar-refractivity contribution in [2.75, 3.05) is 11.8 Å². The summed E-state index contributed by atoms with van der Waals surface area (Å²) in [6.07, 6.45) is -0.647. The van der Waals surface area contributed by atoms with Gasteiger partial charge in [0.2, 0.25) is 0 Å². The van der Waals surface area contributed by atoms with Crippen molar-refractivity contribution < 1.29 is 22.1 Å². The lowest BCUT2D eigenvalue weighted by atomic mass is 9.87. The third kappa shape index (κ3) is 5.01. The first kappa shape index (κ1) is 21.0. The van der Waals surface area contributed by atoms with Crippen LogP contribution in [-0.2, 0) is 20.3 Å². The lowest BCUT2D eigenvalue weighted by Crippen LogP contribution is -2.29. The quantitative estimate of drug-likeness (QED) is 0.550. The number of hydrogen-bond acceptors (Lipinski definition) is 8. The number of methoxy groups -OCH3 is 1. The van der Waals surface area contributed by atoms with Crippen molar-refractivity contribution in [3.63, 3.8) is 0 Å². The van der Waals surface area contributed by atoms with E-state index in [1.54, 1.807) is 12.1 Å². The molecule has 2 aromatic carbocycles. The molecule has 0 aromatic heterocycles. The SMILES string of the molecule is COC(=O)NC1=Nc2ccc(S(=O)(=O)Oc3ccc(C(C)(C)C)cc3)cc2NS1. The van der Waals surface area contributed by atoms with Crippen molar-refractivity contribution in [2.24, 2.45) is 4.99 Å². The number of carbonyl (C=O) groups excluding carboxylic acids is 1. The Morgan fingerprint density at radius 1 is 1.14 bits per heavy atom. The molecule has 0 aliphatic carbocycles. The molecule has 1 amide bonds. The van der Waals surface area contributed by atoms with Gasteiger partial charge in [-0.3, -0.25) is 5.32 Å². The first-order valence-electron chi connectivity index (χ1n) is 8.64. The Morgan fingerprint density at radius 3 is 2.45 bits per heavy atom. The number of aliphatic imine (C=N–C) groups is 1. The molecule has 1 aliphatic rings. The van der Waals surface area contributed by atoms with Crippen LogP contribution in [0.2, 0.25) is 0 Å². The number of rotatable bonds is 3. The van der Waals surface area contributed by atoms with Crippen LogP contribution >= 0.6 is 11.9 Å². The van der Waals surface area contributed by atoms with E-state index >= 15 is 0 Å². The van der Waals surface area contributed by atoms with Crippen molar-refractivity contribution in [2.45, 2.75) is 31.1 Å². The average Bonchev–Trinajstić information content (AvgIpc) is 2.66. The summed E-state index contributed by atoms with van der Waals surface area (Å²) in [6, 6.07) is 11.3. The van der Waals surface area contributed by atoms with Crippen LogP contribution in [0.4, 0.5) is 16.2 Å². The summed E-state index contributed by atoms with van der Waals surface area (Å²) in [5.74, 6) is 0.237. The highest BCUT2D eigenvalue weighted by molar-refractivity contribution is 8.15. The molecule has 8 nitrogen and oxygen atoms in total. The Balaban J connectivity index is 1.79. The van der Waals surface area contributed by atoms with E-state index in [-0.39, 0.29) is 21.2 Å². The van der Waals surface area contributed by atoms with Gasteiger partial charge in [0.1, 0.15) is 10.6 Å². The second-order valence-electron chi connectivity index (χ2n) is 7.23. The second kappa shape index (κ2) is 7.96. The molecule has 0 radical (unpaired) electrons. The van der Waals surface area contributed by atoms with Gasteiger partial charge in [-0.2, -0.15) is 8.42 Å². The Bertz CT molecular complexity index is 1060. The average molecular weight is 436 g/mol. The maximum atomic E-state index is 12.7. The summed E-state index contributed by atoms with van der Waals surface area (Å²) in [6.45, 7) is 6.23. The zero-order valence-corrected chi connectivity index (χ0v) is 18.0. The molecule has 10 heteroatoms. The van der Waals surface area contributed by atoms with Gasteiger partial charge in [0, 0.05) is 11.9 Å². The molecule has 0 saturated carbocycles. The van der Waals surface area contributed by atoms with Crippen LogP contribution in [-0.4, -0.2) is 26.8 Å². The van der Waals surface area contributed by atoms with E-state index in [2.05, 4.69) is 40.5 Å². The molecular formula is C19H21N3O5S2. The predicted octanol–water partition coefficient (Wildman–Crippen LogP) is 4.17. The van der Waals surface area contributed by atoms with Crippen molar-refractivity contribution in [3.8, 4) is 5.75 Å². The molecule has 0 bridgehead atoms. The molecule has 2 aromatic rings. The number of amidine groups is 1. The minimum atomic E-state index is -4.02. The van der Waals surface area contributed by atoms with Crippen molar-refractivity contribution >= 4 is 44.7 Å². The van der Waals surface area contributed by atoms with E-state index in [0.717, 1.165) is 17.5 Å². The third-order valence-electron chi connectivity index (χ3n) is 4.06. The van der Waals surface area contributed by atoms with E-state index in [9.17, 15) is 13.2 Å². The molecule has 2 N–H and O–H groups in total. The van der Waals surface area contributed by atoms with Crippen molar-refractivity contribution in [1.29, 1.82) is 0 Å². The second-order valence-corrected chi connectivity index (χ2v) is 9.57. The van der Waals surface area contributed by atoms with E-state index in [0.29, 0.717) is 11.4 Å². The van der Waals surface area contributed by atoms with E-state index < -0.39 is 16.2 Å². The molecular weight excluding hydrogens is 414 g/mol. The Labute approximate surface area is 174 Å². The predicted molar refractivity (Wildman–Crippen MR) is 113 cm³/mol. The molecule has 3 rings (SSSR count). The van der Waals surface area contributed by atoms with E-state index in [1.807, 2.05) is 12.1 Å². The lowest BCUT2D eigenvalue weighted by molar-refractivity contribution is 0.177. The minimum Gasteiger partial charge on any atom is -0.453 e. The first-order chi connectivity index (χ1) is 13.6. The molecule has 154 valence electrons. The molecule has 0 spiro atoms. The number of ether oxygens (including phenoxy) is 1. The Morgan fingerprint density at radius 2 is 1.83 bits per heavy atom. The maximum absolute atomic E-state index is 12.7. The fourth-order valence-corrected chi connectivity index (χ4v) is 4.07. The molecule has 1 aliphatic heterocycles. The topological polar surface area (TPSA) is 106 Å². The van der Waals surface area contributed by atoms with Crippen LogP contribution in [0, 0.1) is 0 Å². The lowest BCUT2D eigenvalue weighted by Gasteiger charge is -2.19. The minimum absolute atomic E-state index is 0.0103. The maximum Gasteiger partial charge on any atom is 0.412 e. The fraction of sp³-hybridized carbons (Fsp3) is 0.263. The summed E-state index contributed by atoms with van der Waals surface area (Å²) in [4.78, 5) is 15.5. The summed E-state index contributed by atoms with van der Waals surface area (Å²) >= 11 is 1.03. The van der Waals surface area contributed by atoms with Crippen LogP contribution in [0.25, 0.3) is 0 Å². The van der Waals surface area contributed by atoms with Gasteiger partial charge in [-0.05, 0) is 41.3 Å². The monoisotopic (exact) mass is 435 g/mol. The normalized spacial score (nSPS) is 13.6. The smallest absolute Gasteiger partial charge is 0.412 e. The number of nitrogens with zero attached hydrogens (tertiary/aromatic N) is 1. The van der Waals surface area contributed by atoms with E-state index in [4.69, 9.17) is 4.18 Å². The molecule has 0 fully saturated rings. The number of anilines is 1. The van der Waals surface area contributed by atoms with Crippen LogP contribution in [0.5, 0.6) is 5.75 Å². The molecule has 29 heavy (non-hydrogen) atoms. The zero-order valence-electron chi connectivity index (χ0n) is 16.3. The van der Waals surface area contributed by atoms with E-state index in [1.165, 1.54) is 25.3 Å². The molecule has 1 heterocycles. The van der Waals surface area contributed by atoms with Crippen molar-refractivity contribution in [1.82, 2.24) is 5.32 Å². The van der Waals surface area contributed by atoms with Crippen LogP contribution in [0.1, 0.15) is 26.3 Å². The van der Waals surface area contributed by atoms with Gasteiger partial charge in [0.15, 0.2) is 5.17 Å². The molecule has 0 saturated heterocycles. The number of fused-ring (bicyclic) bond motifs is 1. The van der Waals surface area contributed by atoms with Crippen LogP contribution < -0.4 is 14.2 Å². The fourth-order valence-electron chi connectivity index (χ4n) is 2.46. The summed E-state index contributed by atoms with van der Waals surface area (Å²) in [7, 11) is -2.77. The van der Waals surface area contributed by atoms with Gasteiger partial charge < -0.3 is 13.6 Å². The number of hydrogen-bond donors (Lipinski definition) is 2. The van der Waals surface area contributed by atoms with Gasteiger partial charge in [0.05, 0.1) is 18.5 Å². The Hall–Kier alpha value is -2.72. The zero-order chi connectivity index (χ0) is 21.2. The highest BCUT2D eigenvalue weighted by Gasteiger charge is 2.22. The number of nitrogens with one attached hydrogen (secondary N) is 2. The van der Waals surface area contributed by atoms with Gasteiger partial charge >= 0.3 is 16.2 Å². The van der Waals surface area contributed by atoms with Crippen LogP contribution in [0.15, 0.2) is 52.4 Å². The van der Waals surface area contributed by atoms with Gasteiger partial charge in [-0.15, -0.1) is 0 Å². The largest absolute Gasteiger partial charge is 0.453 e. The van der Waals surface area contributed by atoms with Gasteiger partial charge in [-0.25, -0.2) is 9.79 Å². The van der Waals surface area contributed by atoms with Crippen molar-refractivity contribution in [3.05, 3.63) is 48.0 Å². The molecule has 0 atom stereocenters. The third-order valence-corrected chi connectivity index (χ3v) is 6.01. The number of carbonyl (C=O) groups is 1. The summed E-state index contributed by atoms with van der Waals surface area (Å²) in [5, 5.41) is 2.74. The first-order valence-corrected chi connectivity index (χ1v) is 10.9. The van der Waals surface area contributed by atoms with Gasteiger partial charge in [0.25, 0.3) is 0 Å². The number of alkyl carbamates (subject to hydrolysis) is 1.